The Balaban J connectivity index is 2.29. The summed E-state index contributed by atoms with van der Waals surface area (Å²) in [6.07, 6.45) is 3.22. The van der Waals surface area contributed by atoms with Gasteiger partial charge in [0.25, 0.3) is 0 Å². The van der Waals surface area contributed by atoms with Crippen LogP contribution in [0.3, 0.4) is 0 Å². The topological polar surface area (TPSA) is 97.5 Å². The molecule has 0 aromatic heterocycles. The van der Waals surface area contributed by atoms with Crippen molar-refractivity contribution in [2.75, 3.05) is 13.6 Å². The molecule has 2 rings (SSSR count). The Morgan fingerprint density at radius 3 is 2.30 bits per heavy atom. The Kier molecular flexibility index (Phi) is 4.19. The van der Waals surface area contributed by atoms with Gasteiger partial charge in [-0.1, -0.05) is 12.5 Å². The molecule has 0 saturated heterocycles. The second-order valence-electron chi connectivity index (χ2n) is 5.10. The average Bonchev–Trinajstić information content (AvgIpc) is 2.32. The normalized spacial score (nSPS) is 17.1. The van der Waals surface area contributed by atoms with Crippen LogP contribution in [0.15, 0.2) is 34.1 Å². The van der Waals surface area contributed by atoms with Crippen LogP contribution in [0.1, 0.15) is 19.3 Å². The maximum absolute atomic E-state index is 12.4. The summed E-state index contributed by atoms with van der Waals surface area (Å²) < 4.78 is 48.6. The lowest BCUT2D eigenvalue weighted by molar-refractivity contribution is 0.263. The quantitative estimate of drug-likeness (QED) is 0.866. The van der Waals surface area contributed by atoms with Crippen LogP contribution in [0, 0.1) is 5.92 Å². The zero-order chi connectivity index (χ0) is 15.0. The van der Waals surface area contributed by atoms with Crippen molar-refractivity contribution < 1.29 is 16.8 Å². The zero-order valence-corrected chi connectivity index (χ0v) is 12.8. The summed E-state index contributed by atoms with van der Waals surface area (Å²) in [7, 11) is -6.08. The lowest BCUT2D eigenvalue weighted by Gasteiger charge is -2.29. The summed E-state index contributed by atoms with van der Waals surface area (Å²) in [4.78, 5) is -0.249. The van der Waals surface area contributed by atoms with Crippen LogP contribution in [-0.2, 0) is 20.0 Å². The van der Waals surface area contributed by atoms with Crippen molar-refractivity contribution in [3.8, 4) is 0 Å². The van der Waals surface area contributed by atoms with Crippen LogP contribution >= 0.6 is 0 Å². The number of primary sulfonamides is 1. The molecule has 0 radical (unpaired) electrons. The molecule has 20 heavy (non-hydrogen) atoms. The van der Waals surface area contributed by atoms with Gasteiger partial charge in [0.2, 0.25) is 20.0 Å². The van der Waals surface area contributed by atoms with Gasteiger partial charge in [0.05, 0.1) is 9.79 Å². The molecule has 0 amide bonds. The van der Waals surface area contributed by atoms with E-state index in [2.05, 4.69) is 0 Å². The van der Waals surface area contributed by atoms with Crippen molar-refractivity contribution in [1.29, 1.82) is 0 Å². The number of sulfonamides is 2. The van der Waals surface area contributed by atoms with Gasteiger partial charge >= 0.3 is 0 Å². The van der Waals surface area contributed by atoms with Gasteiger partial charge in [-0.3, -0.25) is 0 Å². The maximum atomic E-state index is 12.4. The molecule has 112 valence electrons. The third kappa shape index (κ3) is 3.20. The molecule has 1 aromatic carbocycles. The van der Waals surface area contributed by atoms with E-state index in [0.717, 1.165) is 25.3 Å². The first-order valence-electron chi connectivity index (χ1n) is 6.30. The summed E-state index contributed by atoms with van der Waals surface area (Å²) >= 11 is 0. The van der Waals surface area contributed by atoms with Crippen LogP contribution in [0.4, 0.5) is 0 Å². The molecule has 1 aliphatic rings. The third-order valence-corrected chi connectivity index (χ3v) is 6.31. The Morgan fingerprint density at radius 2 is 1.80 bits per heavy atom. The fourth-order valence-electron chi connectivity index (χ4n) is 2.13. The number of rotatable bonds is 5. The minimum Gasteiger partial charge on any atom is -0.225 e. The van der Waals surface area contributed by atoms with Crippen molar-refractivity contribution in [2.24, 2.45) is 11.1 Å². The van der Waals surface area contributed by atoms with Gasteiger partial charge in [-0.25, -0.2) is 26.3 Å². The van der Waals surface area contributed by atoms with Gasteiger partial charge in [-0.15, -0.1) is 0 Å². The third-order valence-electron chi connectivity index (χ3n) is 3.58. The number of nitrogens with two attached hydrogens (primary N) is 1. The maximum Gasteiger partial charge on any atom is 0.242 e. The summed E-state index contributed by atoms with van der Waals surface area (Å²) in [6, 6.07) is 5.13. The fourth-order valence-corrected chi connectivity index (χ4v) is 4.06. The first kappa shape index (κ1) is 15.4. The molecule has 1 fully saturated rings. The van der Waals surface area contributed by atoms with E-state index in [4.69, 9.17) is 5.14 Å². The molecule has 2 N–H and O–H groups in total. The smallest absolute Gasteiger partial charge is 0.225 e. The van der Waals surface area contributed by atoms with Gasteiger partial charge < -0.3 is 0 Å². The Labute approximate surface area is 119 Å². The van der Waals surface area contributed by atoms with E-state index in [0.29, 0.717) is 12.5 Å². The average molecular weight is 318 g/mol. The van der Waals surface area contributed by atoms with Crippen molar-refractivity contribution in [2.45, 2.75) is 29.1 Å². The second kappa shape index (κ2) is 5.44. The van der Waals surface area contributed by atoms with E-state index in [-0.39, 0.29) is 9.79 Å². The van der Waals surface area contributed by atoms with E-state index in [1.807, 2.05) is 0 Å². The van der Waals surface area contributed by atoms with Gasteiger partial charge in [0.15, 0.2) is 0 Å². The molecule has 8 heteroatoms. The van der Waals surface area contributed by atoms with Crippen LogP contribution in [0.5, 0.6) is 0 Å². The standard InChI is InChI=1S/C12H18N2O4S2/c1-14(9-10-4-2-5-10)20(17,18)12-7-3-6-11(8-12)19(13,15)16/h3,6-8,10H,2,4-5,9H2,1H3,(H2,13,15,16). The molecule has 1 saturated carbocycles. The zero-order valence-electron chi connectivity index (χ0n) is 11.2. The lowest BCUT2D eigenvalue weighted by Crippen LogP contribution is -2.34. The summed E-state index contributed by atoms with van der Waals surface area (Å²) in [5.74, 6) is 0.399. The minimum atomic E-state index is -3.91. The van der Waals surface area contributed by atoms with Crippen LogP contribution < -0.4 is 5.14 Å². The second-order valence-corrected chi connectivity index (χ2v) is 8.71. The van der Waals surface area contributed by atoms with E-state index in [1.54, 1.807) is 0 Å². The lowest BCUT2D eigenvalue weighted by atomic mass is 9.86. The minimum absolute atomic E-state index is 0.0501. The van der Waals surface area contributed by atoms with E-state index < -0.39 is 20.0 Å². The van der Waals surface area contributed by atoms with E-state index in [1.165, 1.54) is 29.6 Å². The first-order chi connectivity index (χ1) is 9.21. The van der Waals surface area contributed by atoms with Crippen LogP contribution in [-0.4, -0.2) is 34.7 Å². The Morgan fingerprint density at radius 1 is 1.20 bits per heavy atom. The van der Waals surface area contributed by atoms with Crippen molar-refractivity contribution in [3.05, 3.63) is 24.3 Å². The van der Waals surface area contributed by atoms with Crippen molar-refractivity contribution >= 4 is 20.0 Å². The molecule has 0 spiro atoms. The van der Waals surface area contributed by atoms with Gasteiger partial charge in [-0.2, -0.15) is 0 Å². The SMILES string of the molecule is CN(CC1CCC1)S(=O)(=O)c1cccc(S(N)(=O)=O)c1. The van der Waals surface area contributed by atoms with Gasteiger partial charge in [0, 0.05) is 13.6 Å². The molecule has 6 nitrogen and oxygen atoms in total. The Hall–Kier alpha value is -0.960. The molecule has 0 unspecified atom stereocenters. The van der Waals surface area contributed by atoms with E-state index >= 15 is 0 Å². The van der Waals surface area contributed by atoms with E-state index in [9.17, 15) is 16.8 Å². The molecule has 1 aliphatic carbocycles. The van der Waals surface area contributed by atoms with Crippen molar-refractivity contribution in [1.82, 2.24) is 4.31 Å². The fraction of sp³-hybridized carbons (Fsp3) is 0.500. The Bertz CT molecular complexity index is 694. The van der Waals surface area contributed by atoms with Gasteiger partial charge in [-0.05, 0) is 37.0 Å². The number of hydrogen-bond donors (Lipinski definition) is 1. The molecular formula is C12H18N2O4S2. The molecule has 0 bridgehead atoms. The predicted octanol–water partition coefficient (Wildman–Crippen LogP) is 0.755. The largest absolute Gasteiger partial charge is 0.242 e. The van der Waals surface area contributed by atoms with Crippen molar-refractivity contribution in [3.63, 3.8) is 0 Å². The molecule has 0 aliphatic heterocycles. The number of nitrogens with zero attached hydrogens (tertiary/aromatic N) is 1. The summed E-state index contributed by atoms with van der Waals surface area (Å²) in [5, 5.41) is 5.02. The monoisotopic (exact) mass is 318 g/mol. The molecule has 0 atom stereocenters. The van der Waals surface area contributed by atoms with Crippen LogP contribution in [0.2, 0.25) is 0 Å². The molecule has 0 heterocycles. The highest BCUT2D eigenvalue weighted by atomic mass is 32.2. The number of hydrogen-bond acceptors (Lipinski definition) is 4. The van der Waals surface area contributed by atoms with Gasteiger partial charge in [0.1, 0.15) is 0 Å². The number of benzene rings is 1. The van der Waals surface area contributed by atoms with Crippen LogP contribution in [0.25, 0.3) is 0 Å². The first-order valence-corrected chi connectivity index (χ1v) is 9.29. The highest BCUT2D eigenvalue weighted by Gasteiger charge is 2.27. The predicted molar refractivity (Wildman–Crippen MR) is 75.0 cm³/mol. The summed E-state index contributed by atoms with van der Waals surface area (Å²) in [6.45, 7) is 0.460. The molecular weight excluding hydrogens is 300 g/mol. The highest BCUT2D eigenvalue weighted by molar-refractivity contribution is 7.90. The molecule has 1 aromatic rings. The summed E-state index contributed by atoms with van der Waals surface area (Å²) in [5.41, 5.74) is 0. The highest BCUT2D eigenvalue weighted by Crippen LogP contribution is 2.28.